The van der Waals surface area contributed by atoms with E-state index in [0.717, 1.165) is 25.9 Å². The molecule has 0 spiro atoms. The Morgan fingerprint density at radius 2 is 2.27 bits per heavy atom. The summed E-state index contributed by atoms with van der Waals surface area (Å²) >= 11 is 0. The van der Waals surface area contributed by atoms with Gasteiger partial charge in [0.15, 0.2) is 5.75 Å². The second-order valence-corrected chi connectivity index (χ2v) is 5.34. The molecule has 0 aromatic heterocycles. The zero-order valence-electron chi connectivity index (χ0n) is 12.4. The van der Waals surface area contributed by atoms with Crippen LogP contribution in [0.25, 0.3) is 0 Å². The third-order valence-electron chi connectivity index (χ3n) is 3.64. The lowest BCUT2D eigenvalue weighted by Gasteiger charge is -2.22. The zero-order valence-corrected chi connectivity index (χ0v) is 12.4. The number of nitro groups is 1. The van der Waals surface area contributed by atoms with Crippen LogP contribution in [0.2, 0.25) is 0 Å². The summed E-state index contributed by atoms with van der Waals surface area (Å²) in [6.45, 7) is 2.78. The fraction of sp³-hybridized carbons (Fsp3) is 0.533. The molecule has 7 nitrogen and oxygen atoms in total. The molecule has 1 unspecified atom stereocenters. The van der Waals surface area contributed by atoms with Gasteiger partial charge in [-0.3, -0.25) is 14.9 Å². The lowest BCUT2D eigenvalue weighted by Crippen LogP contribution is -2.38. The Balaban J connectivity index is 1.69. The number of nitrogens with one attached hydrogen (secondary N) is 2. The molecule has 0 aliphatic carbocycles. The average Bonchev–Trinajstić information content (AvgIpc) is 2.54. The molecule has 120 valence electrons. The molecule has 2 rings (SSSR count). The van der Waals surface area contributed by atoms with Crippen molar-refractivity contribution in [2.75, 3.05) is 26.2 Å². The van der Waals surface area contributed by atoms with Crippen molar-refractivity contribution < 1.29 is 14.5 Å². The van der Waals surface area contributed by atoms with Crippen LogP contribution in [0.3, 0.4) is 0 Å². The van der Waals surface area contributed by atoms with Gasteiger partial charge in [0.05, 0.1) is 18.0 Å². The Kier molecular flexibility index (Phi) is 6.14. The van der Waals surface area contributed by atoms with Crippen LogP contribution < -0.4 is 15.4 Å². The largest absolute Gasteiger partial charge is 0.486 e. The number of hydrogen-bond donors (Lipinski definition) is 2. The first-order valence-electron chi connectivity index (χ1n) is 7.50. The molecule has 1 aromatic carbocycles. The number of nitro benzene ring substituents is 1. The van der Waals surface area contributed by atoms with Crippen LogP contribution in [0, 0.1) is 16.0 Å². The first-order chi connectivity index (χ1) is 10.7. The van der Waals surface area contributed by atoms with Gasteiger partial charge in [-0.15, -0.1) is 0 Å². The minimum atomic E-state index is -0.495. The van der Waals surface area contributed by atoms with E-state index in [2.05, 4.69) is 10.6 Å². The lowest BCUT2D eigenvalue weighted by molar-refractivity contribution is -0.385. The van der Waals surface area contributed by atoms with E-state index in [1.807, 2.05) is 0 Å². The number of piperidine rings is 1. The number of hydrogen-bond acceptors (Lipinski definition) is 5. The third-order valence-corrected chi connectivity index (χ3v) is 3.64. The summed E-state index contributed by atoms with van der Waals surface area (Å²) in [5.74, 6) is 0.578. The van der Waals surface area contributed by atoms with E-state index in [-0.39, 0.29) is 30.4 Å². The Morgan fingerprint density at radius 1 is 1.45 bits per heavy atom. The molecule has 1 saturated heterocycles. The summed E-state index contributed by atoms with van der Waals surface area (Å²) in [5, 5.41) is 17.0. The molecular formula is C15H21N3O4. The molecule has 1 aliphatic heterocycles. The van der Waals surface area contributed by atoms with Crippen molar-refractivity contribution >= 4 is 11.6 Å². The van der Waals surface area contributed by atoms with Crippen LogP contribution >= 0.6 is 0 Å². The summed E-state index contributed by atoms with van der Waals surface area (Å²) in [5.41, 5.74) is -0.0869. The summed E-state index contributed by atoms with van der Waals surface area (Å²) < 4.78 is 5.35. The predicted octanol–water partition coefficient (Wildman–Crippen LogP) is 1.48. The Hall–Kier alpha value is -2.15. The van der Waals surface area contributed by atoms with Crippen LogP contribution in [0.5, 0.6) is 5.75 Å². The molecule has 1 aliphatic rings. The predicted molar refractivity (Wildman–Crippen MR) is 81.8 cm³/mol. The highest BCUT2D eigenvalue weighted by Gasteiger charge is 2.15. The highest BCUT2D eigenvalue weighted by Crippen LogP contribution is 2.25. The quantitative estimate of drug-likeness (QED) is 0.588. The van der Waals surface area contributed by atoms with E-state index in [0.29, 0.717) is 12.5 Å². The monoisotopic (exact) mass is 307 g/mol. The van der Waals surface area contributed by atoms with Gasteiger partial charge in [0.25, 0.3) is 0 Å². The van der Waals surface area contributed by atoms with Crippen molar-refractivity contribution in [3.05, 3.63) is 34.4 Å². The van der Waals surface area contributed by atoms with Crippen LogP contribution in [-0.4, -0.2) is 37.1 Å². The SMILES string of the molecule is O=C(CCOc1ccccc1[N+](=O)[O-])NCC1CCCNC1. The Labute approximate surface area is 129 Å². The summed E-state index contributed by atoms with van der Waals surface area (Å²) in [6, 6.07) is 6.16. The molecule has 1 amide bonds. The van der Waals surface area contributed by atoms with E-state index in [1.54, 1.807) is 12.1 Å². The third kappa shape index (κ3) is 5.00. The maximum atomic E-state index is 11.7. The van der Waals surface area contributed by atoms with Crippen LogP contribution in [0.1, 0.15) is 19.3 Å². The Bertz CT molecular complexity index is 515. The van der Waals surface area contributed by atoms with Crippen molar-refractivity contribution in [1.82, 2.24) is 10.6 Å². The number of nitrogens with zero attached hydrogens (tertiary/aromatic N) is 1. The number of benzene rings is 1. The fourth-order valence-electron chi connectivity index (χ4n) is 2.43. The maximum Gasteiger partial charge on any atom is 0.310 e. The second-order valence-electron chi connectivity index (χ2n) is 5.34. The molecule has 7 heteroatoms. The number of para-hydroxylation sites is 2. The minimum Gasteiger partial charge on any atom is -0.486 e. The van der Waals surface area contributed by atoms with Gasteiger partial charge in [0.1, 0.15) is 0 Å². The molecule has 2 N–H and O–H groups in total. The zero-order chi connectivity index (χ0) is 15.8. The molecule has 1 atom stereocenters. The van der Waals surface area contributed by atoms with Gasteiger partial charge in [0.2, 0.25) is 5.91 Å². The highest BCUT2D eigenvalue weighted by atomic mass is 16.6. The summed E-state index contributed by atoms with van der Waals surface area (Å²) in [7, 11) is 0. The topological polar surface area (TPSA) is 93.5 Å². The second kappa shape index (κ2) is 8.33. The Morgan fingerprint density at radius 3 is 3.00 bits per heavy atom. The van der Waals surface area contributed by atoms with Gasteiger partial charge in [-0.1, -0.05) is 12.1 Å². The lowest BCUT2D eigenvalue weighted by atomic mass is 10.00. The average molecular weight is 307 g/mol. The molecule has 1 heterocycles. The van der Waals surface area contributed by atoms with Crippen LogP contribution in [-0.2, 0) is 4.79 Å². The minimum absolute atomic E-state index is 0.0869. The van der Waals surface area contributed by atoms with Gasteiger partial charge < -0.3 is 15.4 Å². The number of carbonyl (C=O) groups is 1. The molecule has 0 bridgehead atoms. The van der Waals surface area contributed by atoms with E-state index in [9.17, 15) is 14.9 Å². The number of carbonyl (C=O) groups excluding carboxylic acids is 1. The smallest absolute Gasteiger partial charge is 0.310 e. The van der Waals surface area contributed by atoms with Gasteiger partial charge >= 0.3 is 5.69 Å². The number of rotatable bonds is 7. The normalized spacial score (nSPS) is 17.7. The van der Waals surface area contributed by atoms with E-state index < -0.39 is 4.92 Å². The fourth-order valence-corrected chi connectivity index (χ4v) is 2.43. The molecule has 1 aromatic rings. The maximum absolute atomic E-state index is 11.7. The highest BCUT2D eigenvalue weighted by molar-refractivity contribution is 5.76. The van der Waals surface area contributed by atoms with Crippen molar-refractivity contribution in [3.63, 3.8) is 0 Å². The van der Waals surface area contributed by atoms with E-state index >= 15 is 0 Å². The van der Waals surface area contributed by atoms with Gasteiger partial charge in [-0.25, -0.2) is 0 Å². The van der Waals surface area contributed by atoms with Crippen molar-refractivity contribution in [3.8, 4) is 5.75 Å². The van der Waals surface area contributed by atoms with E-state index in [4.69, 9.17) is 4.74 Å². The molecule has 1 fully saturated rings. The summed E-state index contributed by atoms with van der Waals surface area (Å²) in [4.78, 5) is 22.1. The van der Waals surface area contributed by atoms with Gasteiger partial charge in [0, 0.05) is 12.6 Å². The van der Waals surface area contributed by atoms with Crippen molar-refractivity contribution in [1.29, 1.82) is 0 Å². The molecule has 22 heavy (non-hydrogen) atoms. The molecular weight excluding hydrogens is 286 g/mol. The number of amides is 1. The first kappa shape index (κ1) is 16.2. The van der Waals surface area contributed by atoms with Crippen LogP contribution in [0.4, 0.5) is 5.69 Å². The van der Waals surface area contributed by atoms with Gasteiger partial charge in [-0.2, -0.15) is 0 Å². The molecule has 0 radical (unpaired) electrons. The number of ether oxygens (including phenoxy) is 1. The summed E-state index contributed by atoms with van der Waals surface area (Å²) in [6.07, 6.45) is 2.45. The van der Waals surface area contributed by atoms with Crippen molar-refractivity contribution in [2.24, 2.45) is 5.92 Å². The molecule has 0 saturated carbocycles. The van der Waals surface area contributed by atoms with Crippen molar-refractivity contribution in [2.45, 2.75) is 19.3 Å². The van der Waals surface area contributed by atoms with E-state index in [1.165, 1.54) is 12.1 Å². The first-order valence-corrected chi connectivity index (χ1v) is 7.50. The van der Waals surface area contributed by atoms with Gasteiger partial charge in [-0.05, 0) is 37.9 Å². The van der Waals surface area contributed by atoms with Crippen LogP contribution in [0.15, 0.2) is 24.3 Å². The standard InChI is InChI=1S/C15H21N3O4/c19-15(17-11-12-4-3-8-16-10-12)7-9-22-14-6-2-1-5-13(14)18(20)21/h1-2,5-6,12,16H,3-4,7-11H2,(H,17,19).